The lowest BCUT2D eigenvalue weighted by Crippen LogP contribution is -2.07. The van der Waals surface area contributed by atoms with Gasteiger partial charge in [-0.3, -0.25) is 0 Å². The van der Waals surface area contributed by atoms with Gasteiger partial charge in [-0.15, -0.1) is 0 Å². The Bertz CT molecular complexity index is 245. The molecule has 0 aromatic rings. The highest BCUT2D eigenvalue weighted by Gasteiger charge is 2.01. The summed E-state index contributed by atoms with van der Waals surface area (Å²) in [6.45, 7) is 11.7. The lowest BCUT2D eigenvalue weighted by atomic mass is 10.3. The SMILES string of the molecule is C=C(C)OCOCCCCOC(=O)C(=C)C. The van der Waals surface area contributed by atoms with Crippen LogP contribution in [0.25, 0.3) is 0 Å². The zero-order chi connectivity index (χ0) is 12.4. The summed E-state index contributed by atoms with van der Waals surface area (Å²) in [5.74, 6) is 0.293. The molecule has 4 nitrogen and oxygen atoms in total. The Morgan fingerprint density at radius 1 is 1.06 bits per heavy atom. The van der Waals surface area contributed by atoms with Crippen LogP contribution in [0.5, 0.6) is 0 Å². The topological polar surface area (TPSA) is 44.8 Å². The molecule has 0 heterocycles. The predicted molar refractivity (Wildman–Crippen MR) is 61.7 cm³/mol. The number of ether oxygens (including phenoxy) is 3. The highest BCUT2D eigenvalue weighted by atomic mass is 16.7. The van der Waals surface area contributed by atoms with E-state index in [4.69, 9.17) is 14.2 Å². The van der Waals surface area contributed by atoms with E-state index in [-0.39, 0.29) is 12.8 Å². The van der Waals surface area contributed by atoms with E-state index in [9.17, 15) is 4.79 Å². The van der Waals surface area contributed by atoms with E-state index in [2.05, 4.69) is 13.2 Å². The third kappa shape index (κ3) is 9.27. The number of esters is 1. The molecule has 4 heteroatoms. The molecule has 0 rings (SSSR count). The molecule has 0 saturated heterocycles. The maximum atomic E-state index is 11.0. The quantitative estimate of drug-likeness (QED) is 0.200. The van der Waals surface area contributed by atoms with Gasteiger partial charge in [0.1, 0.15) is 0 Å². The molecule has 0 amide bonds. The molecule has 0 fully saturated rings. The average Bonchev–Trinajstić information content (AvgIpc) is 2.21. The zero-order valence-corrected chi connectivity index (χ0v) is 10.1. The van der Waals surface area contributed by atoms with E-state index in [0.717, 1.165) is 12.8 Å². The molecule has 0 bridgehead atoms. The Kier molecular flexibility index (Phi) is 8.25. The highest BCUT2D eigenvalue weighted by Crippen LogP contribution is 1.97. The molecule has 16 heavy (non-hydrogen) atoms. The van der Waals surface area contributed by atoms with E-state index in [1.165, 1.54) is 0 Å². The summed E-state index contributed by atoms with van der Waals surface area (Å²) in [5.41, 5.74) is 0.422. The van der Waals surface area contributed by atoms with Crippen molar-refractivity contribution < 1.29 is 19.0 Å². The van der Waals surface area contributed by atoms with Gasteiger partial charge < -0.3 is 14.2 Å². The number of hydrogen-bond donors (Lipinski definition) is 0. The lowest BCUT2D eigenvalue weighted by Gasteiger charge is -2.06. The normalized spacial score (nSPS) is 9.62. The number of carbonyl (C=O) groups is 1. The van der Waals surface area contributed by atoms with Crippen LogP contribution >= 0.6 is 0 Å². The highest BCUT2D eigenvalue weighted by molar-refractivity contribution is 5.86. The minimum absolute atomic E-state index is 0.223. The van der Waals surface area contributed by atoms with Crippen molar-refractivity contribution in [3.63, 3.8) is 0 Å². The fourth-order valence-electron chi connectivity index (χ4n) is 0.795. The number of carbonyl (C=O) groups excluding carboxylic acids is 1. The van der Waals surface area contributed by atoms with Gasteiger partial charge in [0, 0.05) is 5.57 Å². The third-order valence-corrected chi connectivity index (χ3v) is 1.65. The van der Waals surface area contributed by atoms with E-state index in [1.54, 1.807) is 13.8 Å². The largest absolute Gasteiger partial charge is 0.473 e. The second kappa shape index (κ2) is 8.97. The molecule has 0 spiro atoms. The van der Waals surface area contributed by atoms with Crippen LogP contribution in [0.15, 0.2) is 24.5 Å². The van der Waals surface area contributed by atoms with Crippen molar-refractivity contribution >= 4 is 5.97 Å². The second-order valence-electron chi connectivity index (χ2n) is 3.50. The Morgan fingerprint density at radius 3 is 2.25 bits per heavy atom. The first kappa shape index (κ1) is 14.7. The molecular formula is C12H20O4. The fourth-order valence-corrected chi connectivity index (χ4v) is 0.795. The van der Waals surface area contributed by atoms with Gasteiger partial charge in [-0.2, -0.15) is 0 Å². The van der Waals surface area contributed by atoms with Crippen LogP contribution < -0.4 is 0 Å². The van der Waals surface area contributed by atoms with Crippen molar-refractivity contribution in [3.05, 3.63) is 24.5 Å². The van der Waals surface area contributed by atoms with E-state index in [1.807, 2.05) is 0 Å². The maximum Gasteiger partial charge on any atom is 0.333 e. The molecule has 0 aliphatic rings. The monoisotopic (exact) mass is 228 g/mol. The predicted octanol–water partition coefficient (Wildman–Crippen LogP) is 2.41. The molecule has 0 atom stereocenters. The van der Waals surface area contributed by atoms with Crippen LogP contribution in [0, 0.1) is 0 Å². The van der Waals surface area contributed by atoms with E-state index in [0.29, 0.717) is 24.5 Å². The summed E-state index contributed by atoms with van der Waals surface area (Å²) in [7, 11) is 0. The van der Waals surface area contributed by atoms with Gasteiger partial charge in [0.2, 0.25) is 0 Å². The molecule has 0 aromatic heterocycles. The molecule has 0 unspecified atom stereocenters. The van der Waals surface area contributed by atoms with Crippen LogP contribution in [0.2, 0.25) is 0 Å². The van der Waals surface area contributed by atoms with Gasteiger partial charge in [-0.1, -0.05) is 13.2 Å². The zero-order valence-electron chi connectivity index (χ0n) is 10.1. The number of allylic oxidation sites excluding steroid dienone is 1. The van der Waals surface area contributed by atoms with Gasteiger partial charge >= 0.3 is 5.97 Å². The number of rotatable bonds is 9. The van der Waals surface area contributed by atoms with E-state index >= 15 is 0 Å². The Labute approximate surface area is 96.9 Å². The Morgan fingerprint density at radius 2 is 1.69 bits per heavy atom. The van der Waals surface area contributed by atoms with E-state index < -0.39 is 0 Å². The van der Waals surface area contributed by atoms with Crippen LogP contribution in [0.1, 0.15) is 26.7 Å². The van der Waals surface area contributed by atoms with Crippen LogP contribution in [-0.4, -0.2) is 26.0 Å². The van der Waals surface area contributed by atoms with Crippen LogP contribution in [0.3, 0.4) is 0 Å². The molecule has 0 aromatic carbocycles. The summed E-state index contributed by atoms with van der Waals surface area (Å²) in [5, 5.41) is 0. The number of unbranched alkanes of at least 4 members (excludes halogenated alkanes) is 1. The fraction of sp³-hybridized carbons (Fsp3) is 0.583. The first-order valence-corrected chi connectivity index (χ1v) is 5.22. The second-order valence-corrected chi connectivity index (χ2v) is 3.50. The smallest absolute Gasteiger partial charge is 0.333 e. The van der Waals surface area contributed by atoms with Gasteiger partial charge in [-0.05, 0) is 26.7 Å². The van der Waals surface area contributed by atoms with Crippen LogP contribution in [-0.2, 0) is 19.0 Å². The first-order valence-electron chi connectivity index (χ1n) is 5.22. The van der Waals surface area contributed by atoms with Crippen molar-refractivity contribution in [1.82, 2.24) is 0 Å². The van der Waals surface area contributed by atoms with Gasteiger partial charge in [0.15, 0.2) is 6.79 Å². The molecular weight excluding hydrogens is 208 g/mol. The average molecular weight is 228 g/mol. The van der Waals surface area contributed by atoms with Crippen molar-refractivity contribution in [2.24, 2.45) is 0 Å². The molecule has 0 radical (unpaired) electrons. The summed E-state index contributed by atoms with van der Waals surface area (Å²) in [6, 6.07) is 0. The Hall–Kier alpha value is -1.29. The molecule has 0 aliphatic heterocycles. The van der Waals surface area contributed by atoms with Gasteiger partial charge in [0.05, 0.1) is 19.0 Å². The van der Waals surface area contributed by atoms with Crippen molar-refractivity contribution in [2.45, 2.75) is 26.7 Å². The Balaban J connectivity index is 3.19. The standard InChI is InChI=1S/C12H20O4/c1-10(2)12(13)15-8-6-5-7-14-9-16-11(3)4/h1,3,5-9H2,2,4H3. The molecule has 92 valence electrons. The number of hydrogen-bond acceptors (Lipinski definition) is 4. The van der Waals surface area contributed by atoms with Gasteiger partial charge in [0.25, 0.3) is 0 Å². The minimum Gasteiger partial charge on any atom is -0.473 e. The summed E-state index contributed by atoms with van der Waals surface area (Å²) in [4.78, 5) is 11.0. The maximum absolute atomic E-state index is 11.0. The molecule has 0 saturated carbocycles. The summed E-state index contributed by atoms with van der Waals surface area (Å²) >= 11 is 0. The lowest BCUT2D eigenvalue weighted by molar-refractivity contribution is -0.139. The third-order valence-electron chi connectivity index (χ3n) is 1.65. The molecule has 0 aliphatic carbocycles. The summed E-state index contributed by atoms with van der Waals surface area (Å²) < 4.78 is 15.1. The van der Waals surface area contributed by atoms with Gasteiger partial charge in [-0.25, -0.2) is 4.79 Å². The summed E-state index contributed by atoms with van der Waals surface area (Å²) in [6.07, 6.45) is 1.59. The molecule has 0 N–H and O–H groups in total. The first-order chi connectivity index (χ1) is 7.54. The van der Waals surface area contributed by atoms with Crippen molar-refractivity contribution in [1.29, 1.82) is 0 Å². The van der Waals surface area contributed by atoms with Crippen molar-refractivity contribution in [3.8, 4) is 0 Å². The minimum atomic E-state index is -0.341. The van der Waals surface area contributed by atoms with Crippen LogP contribution in [0.4, 0.5) is 0 Å². The van der Waals surface area contributed by atoms with Crippen molar-refractivity contribution in [2.75, 3.05) is 20.0 Å².